The predicted molar refractivity (Wildman–Crippen MR) is 51.2 cm³/mol. The first kappa shape index (κ1) is 9.93. The highest BCUT2D eigenvalue weighted by Gasteiger charge is 2.32. The van der Waals surface area contributed by atoms with E-state index in [0.717, 1.165) is 45.6 Å². The number of hydrogen-bond acceptors (Lipinski definition) is 3. The lowest BCUT2D eigenvalue weighted by atomic mass is 10.1. The molecule has 0 amide bonds. The summed E-state index contributed by atoms with van der Waals surface area (Å²) in [5.41, 5.74) is 0. The van der Waals surface area contributed by atoms with Crippen molar-refractivity contribution < 1.29 is 14.6 Å². The summed E-state index contributed by atoms with van der Waals surface area (Å²) >= 11 is 0. The minimum atomic E-state index is -0.639. The summed E-state index contributed by atoms with van der Waals surface area (Å²) in [5.74, 6) is -0.780. The number of ether oxygens (including phenoxy) is 1. The molecule has 14 heavy (non-hydrogen) atoms. The minimum Gasteiger partial charge on any atom is -0.481 e. The fourth-order valence-electron chi connectivity index (χ4n) is 2.37. The van der Waals surface area contributed by atoms with Crippen molar-refractivity contribution in [2.24, 2.45) is 5.92 Å². The second kappa shape index (κ2) is 4.28. The van der Waals surface area contributed by atoms with Crippen molar-refractivity contribution >= 4 is 5.97 Å². The third-order valence-electron chi connectivity index (χ3n) is 3.28. The van der Waals surface area contributed by atoms with Crippen molar-refractivity contribution in [3.63, 3.8) is 0 Å². The SMILES string of the molecule is O=C(O)[C@@H]1CCN(C2CCOCC2)C1. The summed E-state index contributed by atoms with van der Waals surface area (Å²) in [6, 6.07) is 0.563. The first-order valence-corrected chi connectivity index (χ1v) is 5.32. The van der Waals surface area contributed by atoms with E-state index in [1.165, 1.54) is 0 Å². The Kier molecular flexibility index (Phi) is 3.03. The van der Waals surface area contributed by atoms with Crippen LogP contribution >= 0.6 is 0 Å². The average molecular weight is 199 g/mol. The van der Waals surface area contributed by atoms with E-state index in [-0.39, 0.29) is 5.92 Å². The third-order valence-corrected chi connectivity index (χ3v) is 3.28. The van der Waals surface area contributed by atoms with Crippen LogP contribution < -0.4 is 0 Å². The van der Waals surface area contributed by atoms with Gasteiger partial charge in [-0.05, 0) is 25.8 Å². The highest BCUT2D eigenvalue weighted by molar-refractivity contribution is 5.70. The molecular weight excluding hydrogens is 182 g/mol. The molecule has 2 heterocycles. The second-order valence-corrected chi connectivity index (χ2v) is 4.16. The molecule has 2 aliphatic rings. The van der Waals surface area contributed by atoms with Gasteiger partial charge in [0.2, 0.25) is 0 Å². The molecule has 0 unspecified atom stereocenters. The number of rotatable bonds is 2. The first-order valence-electron chi connectivity index (χ1n) is 5.32. The summed E-state index contributed by atoms with van der Waals surface area (Å²) in [6.07, 6.45) is 2.94. The van der Waals surface area contributed by atoms with E-state index in [2.05, 4.69) is 4.90 Å². The second-order valence-electron chi connectivity index (χ2n) is 4.16. The van der Waals surface area contributed by atoms with Crippen LogP contribution in [-0.2, 0) is 9.53 Å². The Bertz CT molecular complexity index is 213. The monoisotopic (exact) mass is 199 g/mol. The molecule has 1 N–H and O–H groups in total. The van der Waals surface area contributed by atoms with Crippen LogP contribution in [0.4, 0.5) is 0 Å². The summed E-state index contributed by atoms with van der Waals surface area (Å²) in [6.45, 7) is 3.35. The zero-order valence-electron chi connectivity index (χ0n) is 8.32. The van der Waals surface area contributed by atoms with Gasteiger partial charge in [0.15, 0.2) is 0 Å². The number of nitrogens with zero attached hydrogens (tertiary/aromatic N) is 1. The van der Waals surface area contributed by atoms with Crippen LogP contribution in [0.3, 0.4) is 0 Å². The van der Waals surface area contributed by atoms with Crippen molar-refractivity contribution in [2.45, 2.75) is 25.3 Å². The maximum Gasteiger partial charge on any atom is 0.307 e. The van der Waals surface area contributed by atoms with Gasteiger partial charge in [-0.3, -0.25) is 9.69 Å². The Morgan fingerprint density at radius 3 is 2.57 bits per heavy atom. The Hall–Kier alpha value is -0.610. The summed E-state index contributed by atoms with van der Waals surface area (Å²) < 4.78 is 5.29. The van der Waals surface area contributed by atoms with E-state index in [1.54, 1.807) is 0 Å². The topological polar surface area (TPSA) is 49.8 Å². The van der Waals surface area contributed by atoms with E-state index < -0.39 is 5.97 Å². The number of likely N-dealkylation sites (tertiary alicyclic amines) is 1. The molecule has 0 aromatic carbocycles. The third kappa shape index (κ3) is 2.07. The van der Waals surface area contributed by atoms with Gasteiger partial charge in [-0.2, -0.15) is 0 Å². The average Bonchev–Trinajstić information content (AvgIpc) is 2.68. The standard InChI is InChI=1S/C10H17NO3/c12-10(13)8-1-4-11(7-8)9-2-5-14-6-3-9/h8-9H,1-7H2,(H,12,13)/t8-/m1/s1. The Labute approximate surface area is 83.8 Å². The normalized spacial score (nSPS) is 30.7. The van der Waals surface area contributed by atoms with Crippen molar-refractivity contribution in [3.05, 3.63) is 0 Å². The molecule has 0 aromatic rings. The molecule has 2 rings (SSSR count). The van der Waals surface area contributed by atoms with E-state index in [1.807, 2.05) is 0 Å². The molecule has 80 valence electrons. The summed E-state index contributed by atoms with van der Waals surface area (Å²) in [5, 5.41) is 8.88. The van der Waals surface area contributed by atoms with Crippen LogP contribution in [0, 0.1) is 5.92 Å². The largest absolute Gasteiger partial charge is 0.481 e. The van der Waals surface area contributed by atoms with E-state index >= 15 is 0 Å². The smallest absolute Gasteiger partial charge is 0.307 e. The molecule has 0 spiro atoms. The van der Waals surface area contributed by atoms with Crippen LogP contribution in [-0.4, -0.2) is 48.3 Å². The lowest BCUT2D eigenvalue weighted by molar-refractivity contribution is -0.141. The van der Waals surface area contributed by atoms with Gasteiger partial charge in [0.25, 0.3) is 0 Å². The molecule has 0 saturated carbocycles. The van der Waals surface area contributed by atoms with Gasteiger partial charge in [-0.25, -0.2) is 0 Å². The van der Waals surface area contributed by atoms with Crippen LogP contribution in [0.1, 0.15) is 19.3 Å². The molecule has 0 aliphatic carbocycles. The molecule has 4 nitrogen and oxygen atoms in total. The van der Waals surface area contributed by atoms with Crippen LogP contribution in [0.5, 0.6) is 0 Å². The van der Waals surface area contributed by atoms with E-state index in [9.17, 15) is 4.79 Å². The minimum absolute atomic E-state index is 0.141. The Balaban J connectivity index is 1.85. The van der Waals surface area contributed by atoms with Crippen molar-refractivity contribution in [1.29, 1.82) is 0 Å². The summed E-state index contributed by atoms with van der Waals surface area (Å²) in [4.78, 5) is 13.1. The number of carboxylic acids is 1. The number of carboxylic acid groups (broad SMARTS) is 1. The predicted octanol–water partition coefficient (Wildman–Crippen LogP) is 0.572. The van der Waals surface area contributed by atoms with Gasteiger partial charge in [0.1, 0.15) is 0 Å². The lowest BCUT2D eigenvalue weighted by Crippen LogP contribution is -2.38. The quantitative estimate of drug-likeness (QED) is 0.706. The number of aliphatic carboxylic acids is 1. The highest BCUT2D eigenvalue weighted by Crippen LogP contribution is 2.23. The molecule has 0 radical (unpaired) electrons. The maximum absolute atomic E-state index is 10.8. The van der Waals surface area contributed by atoms with Crippen molar-refractivity contribution in [3.8, 4) is 0 Å². The molecule has 0 bridgehead atoms. The fraction of sp³-hybridized carbons (Fsp3) is 0.900. The van der Waals surface area contributed by atoms with Gasteiger partial charge in [-0.1, -0.05) is 0 Å². The summed E-state index contributed by atoms with van der Waals surface area (Å²) in [7, 11) is 0. The molecular formula is C10H17NO3. The van der Waals surface area contributed by atoms with E-state index in [4.69, 9.17) is 9.84 Å². The first-order chi connectivity index (χ1) is 6.77. The van der Waals surface area contributed by atoms with Crippen molar-refractivity contribution in [1.82, 2.24) is 4.90 Å². The van der Waals surface area contributed by atoms with E-state index in [0.29, 0.717) is 6.04 Å². The number of carbonyl (C=O) groups is 1. The zero-order chi connectivity index (χ0) is 9.97. The van der Waals surface area contributed by atoms with Crippen LogP contribution in [0.2, 0.25) is 0 Å². The molecule has 2 aliphatic heterocycles. The van der Waals surface area contributed by atoms with Gasteiger partial charge in [-0.15, -0.1) is 0 Å². The number of hydrogen-bond donors (Lipinski definition) is 1. The molecule has 0 aromatic heterocycles. The lowest BCUT2D eigenvalue weighted by Gasteiger charge is -2.30. The van der Waals surface area contributed by atoms with Gasteiger partial charge < -0.3 is 9.84 Å². The molecule has 2 saturated heterocycles. The highest BCUT2D eigenvalue weighted by atomic mass is 16.5. The molecule has 4 heteroatoms. The zero-order valence-corrected chi connectivity index (χ0v) is 8.32. The fourth-order valence-corrected chi connectivity index (χ4v) is 2.37. The van der Waals surface area contributed by atoms with Crippen molar-refractivity contribution in [2.75, 3.05) is 26.3 Å². The molecule has 1 atom stereocenters. The Morgan fingerprint density at radius 2 is 2.00 bits per heavy atom. The van der Waals surface area contributed by atoms with Crippen LogP contribution in [0.15, 0.2) is 0 Å². The van der Waals surface area contributed by atoms with Gasteiger partial charge in [0.05, 0.1) is 5.92 Å². The van der Waals surface area contributed by atoms with Gasteiger partial charge in [0, 0.05) is 25.8 Å². The Morgan fingerprint density at radius 1 is 1.29 bits per heavy atom. The van der Waals surface area contributed by atoms with Crippen LogP contribution in [0.25, 0.3) is 0 Å². The van der Waals surface area contributed by atoms with Gasteiger partial charge >= 0.3 is 5.97 Å². The molecule has 2 fully saturated rings. The maximum atomic E-state index is 10.8.